The number of amides is 1. The van der Waals surface area contributed by atoms with Crippen LogP contribution in [0.15, 0.2) is 54.6 Å². The van der Waals surface area contributed by atoms with Crippen molar-refractivity contribution >= 4 is 17.4 Å². The quantitative estimate of drug-likeness (QED) is 0.607. The SMILES string of the molecule is CNc1cc([C@@H]2CC(=O)N(c3ccc(F)cc3)C2)nc(CN(C)Cc2ccc(F)cc2)n1. The monoisotopic (exact) mass is 437 g/mol. The Bertz CT molecular complexity index is 1090. The maximum atomic E-state index is 13.3. The van der Waals surface area contributed by atoms with Crippen LogP contribution in [0.25, 0.3) is 0 Å². The molecule has 6 nitrogen and oxygen atoms in total. The van der Waals surface area contributed by atoms with E-state index in [1.165, 1.54) is 24.3 Å². The van der Waals surface area contributed by atoms with E-state index in [0.29, 0.717) is 43.4 Å². The Morgan fingerprint density at radius 2 is 1.69 bits per heavy atom. The van der Waals surface area contributed by atoms with Gasteiger partial charge in [0.15, 0.2) is 0 Å². The summed E-state index contributed by atoms with van der Waals surface area (Å²) >= 11 is 0. The maximum Gasteiger partial charge on any atom is 0.227 e. The first-order chi connectivity index (χ1) is 15.4. The molecule has 0 aliphatic carbocycles. The largest absolute Gasteiger partial charge is 0.373 e. The third-order valence-corrected chi connectivity index (χ3v) is 5.51. The molecule has 32 heavy (non-hydrogen) atoms. The summed E-state index contributed by atoms with van der Waals surface area (Å²) in [5.41, 5.74) is 2.48. The number of nitrogens with one attached hydrogen (secondary N) is 1. The fourth-order valence-electron chi connectivity index (χ4n) is 3.90. The molecule has 166 valence electrons. The van der Waals surface area contributed by atoms with Crippen molar-refractivity contribution in [3.63, 3.8) is 0 Å². The highest BCUT2D eigenvalue weighted by atomic mass is 19.1. The number of nitrogens with zero attached hydrogens (tertiary/aromatic N) is 4. The van der Waals surface area contributed by atoms with Gasteiger partial charge in [-0.3, -0.25) is 9.69 Å². The first-order valence-corrected chi connectivity index (χ1v) is 10.5. The first-order valence-electron chi connectivity index (χ1n) is 10.5. The number of benzene rings is 2. The van der Waals surface area contributed by atoms with Crippen LogP contribution in [0.2, 0.25) is 0 Å². The number of hydrogen-bond acceptors (Lipinski definition) is 5. The molecule has 1 amide bonds. The molecule has 3 aromatic rings. The zero-order valence-electron chi connectivity index (χ0n) is 18.1. The summed E-state index contributed by atoms with van der Waals surface area (Å²) in [7, 11) is 3.75. The van der Waals surface area contributed by atoms with E-state index in [0.717, 1.165) is 11.3 Å². The standard InChI is InChI=1S/C24H25F2N5O/c1-27-22-12-21(17-11-24(32)31(14-17)20-9-7-19(26)8-10-20)28-23(29-22)15-30(2)13-16-3-5-18(25)6-4-16/h3-10,12,17H,11,13-15H2,1-2H3,(H,27,28,29)/t17-/m1/s1. The van der Waals surface area contributed by atoms with Crippen LogP contribution in [0.5, 0.6) is 0 Å². The number of aromatic nitrogens is 2. The predicted octanol–water partition coefficient (Wildman–Crippen LogP) is 3.95. The van der Waals surface area contributed by atoms with Crippen molar-refractivity contribution in [1.82, 2.24) is 14.9 Å². The second-order valence-corrected chi connectivity index (χ2v) is 8.02. The molecule has 1 aliphatic rings. The minimum atomic E-state index is -0.333. The van der Waals surface area contributed by atoms with Crippen LogP contribution in [0.4, 0.5) is 20.3 Å². The Balaban J connectivity index is 1.49. The van der Waals surface area contributed by atoms with Gasteiger partial charge >= 0.3 is 0 Å². The minimum Gasteiger partial charge on any atom is -0.373 e. The Kier molecular flexibility index (Phi) is 6.41. The van der Waals surface area contributed by atoms with E-state index in [-0.39, 0.29) is 23.5 Å². The number of anilines is 2. The van der Waals surface area contributed by atoms with Crippen LogP contribution >= 0.6 is 0 Å². The lowest BCUT2D eigenvalue weighted by molar-refractivity contribution is -0.117. The number of carbonyl (C=O) groups is 1. The van der Waals surface area contributed by atoms with E-state index in [9.17, 15) is 13.6 Å². The molecule has 0 bridgehead atoms. The number of hydrogen-bond donors (Lipinski definition) is 1. The molecule has 0 radical (unpaired) electrons. The van der Waals surface area contributed by atoms with Gasteiger partial charge in [0.05, 0.1) is 12.2 Å². The molecule has 1 saturated heterocycles. The van der Waals surface area contributed by atoms with Gasteiger partial charge in [-0.1, -0.05) is 12.1 Å². The van der Waals surface area contributed by atoms with Crippen molar-refractivity contribution in [2.24, 2.45) is 0 Å². The Hall–Kier alpha value is -3.39. The van der Waals surface area contributed by atoms with E-state index < -0.39 is 0 Å². The second kappa shape index (κ2) is 9.40. The topological polar surface area (TPSA) is 61.4 Å². The summed E-state index contributed by atoms with van der Waals surface area (Å²) in [6, 6.07) is 14.2. The van der Waals surface area contributed by atoms with Crippen molar-refractivity contribution < 1.29 is 13.6 Å². The van der Waals surface area contributed by atoms with Gasteiger partial charge in [0.2, 0.25) is 5.91 Å². The summed E-state index contributed by atoms with van der Waals surface area (Å²) in [6.45, 7) is 1.61. The maximum absolute atomic E-state index is 13.3. The first kappa shape index (κ1) is 21.8. The van der Waals surface area contributed by atoms with Crippen LogP contribution in [0.1, 0.15) is 29.4 Å². The van der Waals surface area contributed by atoms with Gasteiger partial charge in [-0.05, 0) is 49.0 Å². The van der Waals surface area contributed by atoms with E-state index >= 15 is 0 Å². The third kappa shape index (κ3) is 5.08. The lowest BCUT2D eigenvalue weighted by Crippen LogP contribution is -2.24. The van der Waals surface area contributed by atoms with Gasteiger partial charge in [-0.25, -0.2) is 18.7 Å². The molecule has 2 heterocycles. The van der Waals surface area contributed by atoms with Crippen LogP contribution in [-0.4, -0.2) is 41.4 Å². The molecule has 1 aliphatic heterocycles. The van der Waals surface area contributed by atoms with Crippen LogP contribution < -0.4 is 10.2 Å². The molecule has 0 spiro atoms. The molecule has 0 unspecified atom stereocenters. The van der Waals surface area contributed by atoms with Gasteiger partial charge < -0.3 is 10.2 Å². The van der Waals surface area contributed by atoms with E-state index in [1.54, 1.807) is 36.2 Å². The number of rotatable bonds is 7. The van der Waals surface area contributed by atoms with Crippen molar-refractivity contribution in [2.45, 2.75) is 25.4 Å². The molecule has 1 N–H and O–H groups in total. The molecule has 2 aromatic carbocycles. The minimum absolute atomic E-state index is 0.0128. The number of carbonyl (C=O) groups excluding carboxylic acids is 1. The van der Waals surface area contributed by atoms with Crippen LogP contribution in [0, 0.1) is 11.6 Å². The average Bonchev–Trinajstić information content (AvgIpc) is 3.17. The smallest absolute Gasteiger partial charge is 0.227 e. The fraction of sp³-hybridized carbons (Fsp3) is 0.292. The highest BCUT2D eigenvalue weighted by Gasteiger charge is 2.33. The van der Waals surface area contributed by atoms with Gasteiger partial charge in [-0.2, -0.15) is 0 Å². The second-order valence-electron chi connectivity index (χ2n) is 8.02. The Morgan fingerprint density at radius 3 is 2.34 bits per heavy atom. The predicted molar refractivity (Wildman–Crippen MR) is 119 cm³/mol. The lowest BCUT2D eigenvalue weighted by atomic mass is 10.0. The fourth-order valence-corrected chi connectivity index (χ4v) is 3.90. The molecule has 4 rings (SSSR count). The van der Waals surface area contributed by atoms with Gasteiger partial charge in [0, 0.05) is 44.2 Å². The van der Waals surface area contributed by atoms with E-state index in [4.69, 9.17) is 4.98 Å². The summed E-state index contributed by atoms with van der Waals surface area (Å²) in [4.78, 5) is 25.7. The van der Waals surface area contributed by atoms with E-state index in [2.05, 4.69) is 15.2 Å². The molecule has 1 fully saturated rings. The van der Waals surface area contributed by atoms with Crippen molar-refractivity contribution in [2.75, 3.05) is 30.9 Å². The zero-order valence-corrected chi connectivity index (χ0v) is 18.1. The Morgan fingerprint density at radius 1 is 1.03 bits per heavy atom. The lowest BCUT2D eigenvalue weighted by Gasteiger charge is -2.19. The summed E-state index contributed by atoms with van der Waals surface area (Å²) in [5, 5.41) is 3.07. The molecule has 0 saturated carbocycles. The van der Waals surface area contributed by atoms with Gasteiger partial charge in [-0.15, -0.1) is 0 Å². The normalized spacial score (nSPS) is 16.1. The van der Waals surface area contributed by atoms with Crippen molar-refractivity contribution in [3.05, 3.63) is 83.3 Å². The molecule has 1 atom stereocenters. The average molecular weight is 437 g/mol. The highest BCUT2D eigenvalue weighted by Crippen LogP contribution is 2.32. The van der Waals surface area contributed by atoms with Crippen molar-refractivity contribution in [3.8, 4) is 0 Å². The molecule has 8 heteroatoms. The Labute approximate surface area is 185 Å². The summed E-state index contributed by atoms with van der Waals surface area (Å²) in [6.07, 6.45) is 0.336. The van der Waals surface area contributed by atoms with Crippen LogP contribution in [-0.2, 0) is 17.9 Å². The number of halogens is 2. The van der Waals surface area contributed by atoms with Crippen LogP contribution in [0.3, 0.4) is 0 Å². The molecular formula is C24H25F2N5O. The zero-order chi connectivity index (χ0) is 22.7. The summed E-state index contributed by atoms with van der Waals surface area (Å²) in [5.74, 6) is 0.648. The third-order valence-electron chi connectivity index (χ3n) is 5.51. The van der Waals surface area contributed by atoms with Gasteiger partial charge in [0.25, 0.3) is 0 Å². The highest BCUT2D eigenvalue weighted by molar-refractivity contribution is 5.96. The van der Waals surface area contributed by atoms with Crippen molar-refractivity contribution in [1.29, 1.82) is 0 Å². The van der Waals surface area contributed by atoms with E-state index in [1.807, 2.05) is 13.1 Å². The molecular weight excluding hydrogens is 412 g/mol. The molecule has 1 aromatic heterocycles. The summed E-state index contributed by atoms with van der Waals surface area (Å²) < 4.78 is 26.4. The van der Waals surface area contributed by atoms with Gasteiger partial charge in [0.1, 0.15) is 23.3 Å².